The number of rotatable bonds is 4. The second kappa shape index (κ2) is 6.84. The highest BCUT2D eigenvalue weighted by Gasteiger charge is 2.18. The van der Waals surface area contributed by atoms with E-state index in [0.717, 1.165) is 34.7 Å². The molecule has 7 heteroatoms. The van der Waals surface area contributed by atoms with Crippen LogP contribution in [-0.2, 0) is 6.54 Å². The topological polar surface area (TPSA) is 62.1 Å². The summed E-state index contributed by atoms with van der Waals surface area (Å²) < 4.78 is 19.1. The Labute approximate surface area is 154 Å². The zero-order valence-electron chi connectivity index (χ0n) is 14.5. The van der Waals surface area contributed by atoms with E-state index in [4.69, 9.17) is 14.2 Å². The summed E-state index contributed by atoms with van der Waals surface area (Å²) in [7, 11) is 1.59. The van der Waals surface area contributed by atoms with E-state index in [1.165, 1.54) is 11.3 Å². The highest BCUT2D eigenvalue weighted by Crippen LogP contribution is 2.37. The SMILES string of the molecule is CCCn1c(=NC(=O)c2ccc(OC)cc2)sc2cc3c(cc21)OCO3. The molecule has 0 atom stereocenters. The molecule has 0 radical (unpaired) electrons. The summed E-state index contributed by atoms with van der Waals surface area (Å²) in [6.07, 6.45) is 0.935. The Balaban J connectivity index is 1.80. The predicted molar refractivity (Wildman–Crippen MR) is 99.1 cm³/mol. The monoisotopic (exact) mass is 370 g/mol. The van der Waals surface area contributed by atoms with Gasteiger partial charge in [0.15, 0.2) is 16.3 Å². The van der Waals surface area contributed by atoms with E-state index in [9.17, 15) is 4.79 Å². The molecule has 0 unspecified atom stereocenters. The maximum absolute atomic E-state index is 12.6. The lowest BCUT2D eigenvalue weighted by Gasteiger charge is -2.04. The minimum absolute atomic E-state index is 0.244. The first kappa shape index (κ1) is 16.7. The molecular weight excluding hydrogens is 352 g/mol. The van der Waals surface area contributed by atoms with Crippen LogP contribution in [0.25, 0.3) is 10.2 Å². The van der Waals surface area contributed by atoms with Crippen LogP contribution in [0, 0.1) is 0 Å². The van der Waals surface area contributed by atoms with Crippen molar-refractivity contribution in [2.24, 2.45) is 4.99 Å². The van der Waals surface area contributed by atoms with Crippen molar-refractivity contribution in [1.82, 2.24) is 4.57 Å². The van der Waals surface area contributed by atoms with Crippen LogP contribution in [0.2, 0.25) is 0 Å². The van der Waals surface area contributed by atoms with Gasteiger partial charge in [-0.1, -0.05) is 18.3 Å². The maximum atomic E-state index is 12.6. The Morgan fingerprint density at radius 1 is 1.23 bits per heavy atom. The van der Waals surface area contributed by atoms with Gasteiger partial charge >= 0.3 is 0 Å². The van der Waals surface area contributed by atoms with E-state index in [0.29, 0.717) is 16.1 Å². The summed E-state index contributed by atoms with van der Waals surface area (Å²) in [4.78, 5) is 17.6. The standard InChI is InChI=1S/C19H18N2O4S/c1-3-8-21-14-9-15-16(25-11-24-15)10-17(14)26-19(21)20-18(22)12-4-6-13(23-2)7-5-12/h4-7,9-10H,3,8,11H2,1-2H3. The molecule has 0 saturated heterocycles. The molecule has 134 valence electrons. The summed E-state index contributed by atoms with van der Waals surface area (Å²) >= 11 is 1.48. The van der Waals surface area contributed by atoms with Crippen LogP contribution in [-0.4, -0.2) is 24.4 Å². The number of amides is 1. The second-order valence-electron chi connectivity index (χ2n) is 5.85. The van der Waals surface area contributed by atoms with E-state index in [2.05, 4.69) is 16.5 Å². The van der Waals surface area contributed by atoms with Gasteiger partial charge < -0.3 is 18.8 Å². The molecule has 1 aromatic heterocycles. The number of benzene rings is 2. The number of fused-ring (bicyclic) bond motifs is 2. The van der Waals surface area contributed by atoms with E-state index < -0.39 is 0 Å². The largest absolute Gasteiger partial charge is 0.497 e. The molecule has 26 heavy (non-hydrogen) atoms. The molecule has 0 saturated carbocycles. The summed E-state index contributed by atoms with van der Waals surface area (Å²) in [5, 5.41) is 0. The molecule has 6 nitrogen and oxygen atoms in total. The van der Waals surface area contributed by atoms with Crippen molar-refractivity contribution in [3.63, 3.8) is 0 Å². The number of methoxy groups -OCH3 is 1. The lowest BCUT2D eigenvalue weighted by atomic mass is 10.2. The fourth-order valence-electron chi connectivity index (χ4n) is 2.87. The number of aromatic nitrogens is 1. The molecule has 0 aliphatic carbocycles. The van der Waals surface area contributed by atoms with Crippen molar-refractivity contribution >= 4 is 27.5 Å². The van der Waals surface area contributed by atoms with Gasteiger partial charge in [-0.2, -0.15) is 4.99 Å². The van der Waals surface area contributed by atoms with E-state index in [-0.39, 0.29) is 12.7 Å². The van der Waals surface area contributed by atoms with Gasteiger partial charge in [0.25, 0.3) is 5.91 Å². The zero-order valence-corrected chi connectivity index (χ0v) is 15.3. The van der Waals surface area contributed by atoms with Crippen molar-refractivity contribution < 1.29 is 19.0 Å². The number of hydrogen-bond acceptors (Lipinski definition) is 5. The Kier molecular flexibility index (Phi) is 4.38. The molecule has 1 aliphatic rings. The highest BCUT2D eigenvalue weighted by atomic mass is 32.1. The molecule has 1 amide bonds. The summed E-state index contributed by atoms with van der Waals surface area (Å²) in [5.41, 5.74) is 1.53. The Bertz CT molecular complexity index is 1030. The van der Waals surface area contributed by atoms with Crippen LogP contribution in [0.4, 0.5) is 0 Å². The van der Waals surface area contributed by atoms with Gasteiger partial charge in [-0.3, -0.25) is 4.79 Å². The minimum Gasteiger partial charge on any atom is -0.497 e. The van der Waals surface area contributed by atoms with Crippen molar-refractivity contribution in [2.75, 3.05) is 13.9 Å². The molecule has 4 rings (SSSR count). The fraction of sp³-hybridized carbons (Fsp3) is 0.263. The van der Waals surface area contributed by atoms with Crippen LogP contribution in [0.5, 0.6) is 17.2 Å². The molecule has 0 bridgehead atoms. The van der Waals surface area contributed by atoms with Gasteiger partial charge in [0.1, 0.15) is 5.75 Å². The van der Waals surface area contributed by atoms with Crippen LogP contribution in [0.15, 0.2) is 41.4 Å². The van der Waals surface area contributed by atoms with Crippen molar-refractivity contribution in [1.29, 1.82) is 0 Å². The number of aryl methyl sites for hydroxylation is 1. The summed E-state index contributed by atoms with van der Waals surface area (Å²) in [6.45, 7) is 3.11. The number of thiazole rings is 1. The Hall–Kier alpha value is -2.80. The smallest absolute Gasteiger partial charge is 0.279 e. The van der Waals surface area contributed by atoms with Crippen LogP contribution < -0.4 is 19.0 Å². The minimum atomic E-state index is -0.274. The van der Waals surface area contributed by atoms with Gasteiger partial charge in [-0.25, -0.2) is 0 Å². The quantitative estimate of drug-likeness (QED) is 0.704. The van der Waals surface area contributed by atoms with Crippen LogP contribution >= 0.6 is 11.3 Å². The van der Waals surface area contributed by atoms with Crippen LogP contribution in [0.3, 0.4) is 0 Å². The van der Waals surface area contributed by atoms with Crippen molar-refractivity contribution in [3.8, 4) is 17.2 Å². The second-order valence-corrected chi connectivity index (χ2v) is 6.86. The average Bonchev–Trinajstić information content (AvgIpc) is 3.24. The first-order chi connectivity index (χ1) is 12.7. The molecule has 1 aliphatic heterocycles. The highest BCUT2D eigenvalue weighted by molar-refractivity contribution is 7.16. The molecule has 0 fully saturated rings. The fourth-order valence-corrected chi connectivity index (χ4v) is 3.93. The molecule has 0 N–H and O–H groups in total. The third kappa shape index (κ3) is 2.94. The van der Waals surface area contributed by atoms with E-state index in [1.807, 2.05) is 12.1 Å². The molecule has 3 aromatic rings. The summed E-state index contributed by atoms with van der Waals surface area (Å²) in [6, 6.07) is 10.9. The molecular formula is C19H18N2O4S. The number of carbonyl (C=O) groups is 1. The first-order valence-corrected chi connectivity index (χ1v) is 9.17. The molecule has 2 heterocycles. The van der Waals surface area contributed by atoms with Gasteiger partial charge in [-0.05, 0) is 30.7 Å². The summed E-state index contributed by atoms with van der Waals surface area (Å²) in [5.74, 6) is 1.90. The number of nitrogens with zero attached hydrogens (tertiary/aromatic N) is 2. The third-order valence-corrected chi connectivity index (χ3v) is 5.20. The number of carbonyl (C=O) groups excluding carboxylic acids is 1. The van der Waals surface area contributed by atoms with E-state index >= 15 is 0 Å². The van der Waals surface area contributed by atoms with Crippen molar-refractivity contribution in [3.05, 3.63) is 46.8 Å². The predicted octanol–water partition coefficient (Wildman–Crippen LogP) is 3.59. The van der Waals surface area contributed by atoms with Gasteiger partial charge in [0.2, 0.25) is 6.79 Å². The molecule has 0 spiro atoms. The van der Waals surface area contributed by atoms with E-state index in [1.54, 1.807) is 31.4 Å². The normalized spacial score (nSPS) is 13.4. The lowest BCUT2D eigenvalue weighted by molar-refractivity contribution is 0.0998. The maximum Gasteiger partial charge on any atom is 0.279 e. The number of hydrogen-bond donors (Lipinski definition) is 0. The molecule has 2 aromatic carbocycles. The Morgan fingerprint density at radius 3 is 2.65 bits per heavy atom. The van der Waals surface area contributed by atoms with Gasteiger partial charge in [0.05, 0.1) is 17.3 Å². The van der Waals surface area contributed by atoms with Gasteiger partial charge in [-0.15, -0.1) is 0 Å². The third-order valence-electron chi connectivity index (χ3n) is 4.16. The number of ether oxygens (including phenoxy) is 3. The Morgan fingerprint density at radius 2 is 1.96 bits per heavy atom. The van der Waals surface area contributed by atoms with Gasteiger partial charge in [0, 0.05) is 24.2 Å². The lowest BCUT2D eigenvalue weighted by Crippen LogP contribution is -2.16. The van der Waals surface area contributed by atoms with Crippen LogP contribution in [0.1, 0.15) is 23.7 Å². The zero-order chi connectivity index (χ0) is 18.1. The van der Waals surface area contributed by atoms with Crippen molar-refractivity contribution in [2.45, 2.75) is 19.9 Å². The average molecular weight is 370 g/mol. The first-order valence-electron chi connectivity index (χ1n) is 8.35.